The van der Waals surface area contributed by atoms with Crippen molar-refractivity contribution in [1.29, 1.82) is 0 Å². The number of pyridine rings is 1. The Kier molecular flexibility index (Phi) is 22.4. The number of nitrogens with one attached hydrogen (secondary N) is 5. The number of benzene rings is 3. The number of primary amides is 1. The lowest BCUT2D eigenvalue weighted by molar-refractivity contribution is -0.194. The fraction of sp³-hybridized carbons (Fsp3) is 0.479. The van der Waals surface area contributed by atoms with Crippen molar-refractivity contribution in [3.8, 4) is 11.1 Å². The number of anilines is 3. The largest absolute Gasteiger partial charge is 0.476 e. The fourth-order valence-corrected chi connectivity index (χ4v) is 16.4. The Morgan fingerprint density at radius 1 is 0.808 bits per heavy atom. The van der Waals surface area contributed by atoms with Gasteiger partial charge in [-0.1, -0.05) is 95.7 Å². The second-order valence-corrected chi connectivity index (χ2v) is 29.9. The zero-order chi connectivity index (χ0) is 71.0. The van der Waals surface area contributed by atoms with E-state index in [1.54, 1.807) is 57.4 Å². The van der Waals surface area contributed by atoms with Crippen LogP contribution in [0, 0.1) is 29.1 Å². The summed E-state index contributed by atoms with van der Waals surface area (Å²) in [5.74, 6) is -3.47. The number of imide groups is 1. The Bertz CT molecular complexity index is 4020. The van der Waals surface area contributed by atoms with Crippen LogP contribution in [0.4, 0.5) is 26.2 Å². The van der Waals surface area contributed by atoms with Crippen LogP contribution in [-0.2, 0) is 59.6 Å². The molecule has 9 amide bonds. The molecule has 25 nitrogen and oxygen atoms in total. The maximum atomic E-state index is 13.8. The van der Waals surface area contributed by atoms with Gasteiger partial charge in [0.25, 0.3) is 17.7 Å². The number of nitrogens with two attached hydrogens (primary N) is 1. The van der Waals surface area contributed by atoms with Crippen molar-refractivity contribution < 1.29 is 57.7 Å². The van der Waals surface area contributed by atoms with Gasteiger partial charge in [0.1, 0.15) is 24.5 Å². The van der Waals surface area contributed by atoms with Gasteiger partial charge in [-0.2, -0.15) is 5.10 Å². The van der Waals surface area contributed by atoms with Gasteiger partial charge in [-0.15, -0.1) is 0 Å². The Morgan fingerprint density at radius 2 is 1.57 bits per heavy atom. The first-order valence-corrected chi connectivity index (χ1v) is 34.8. The van der Waals surface area contributed by atoms with Gasteiger partial charge in [-0.3, -0.25) is 43.7 Å². The van der Waals surface area contributed by atoms with Crippen LogP contribution in [0.15, 0.2) is 97.2 Å². The summed E-state index contributed by atoms with van der Waals surface area (Å²) in [5, 5.41) is 30.1. The van der Waals surface area contributed by atoms with Crippen LogP contribution in [0.1, 0.15) is 155 Å². The average molecular weight is 1370 g/mol. The van der Waals surface area contributed by atoms with E-state index in [0.29, 0.717) is 84.2 Å². The zero-order valence-electron chi connectivity index (χ0n) is 57.7. The minimum absolute atomic E-state index is 0.0177. The van der Waals surface area contributed by atoms with Crippen LogP contribution >= 0.6 is 11.3 Å². The number of aromatic nitrogens is 4. The van der Waals surface area contributed by atoms with Crippen molar-refractivity contribution in [2.75, 3.05) is 55.4 Å². The van der Waals surface area contributed by atoms with E-state index < -0.39 is 47.6 Å². The molecule has 0 spiro atoms. The molecule has 2 aliphatic carbocycles. The number of rotatable bonds is 29. The summed E-state index contributed by atoms with van der Waals surface area (Å²) in [7, 11) is 1.67. The van der Waals surface area contributed by atoms with E-state index in [-0.39, 0.29) is 104 Å². The normalized spacial score (nSPS) is 19.8. The number of hydrogen-bond acceptors (Lipinski definition) is 16. The number of para-hydroxylation sites is 1. The number of carbonyl (C=O) groups excluding carboxylic acids is 8. The third kappa shape index (κ3) is 18.0. The summed E-state index contributed by atoms with van der Waals surface area (Å²) in [6.45, 7) is 17.1. The standard InChI is InChI=1S/C73H91N13O12S/c1-45(2)61(81-58(87)21-10-9-13-32-85-59(88)28-29-60(85)89)65(92)78-55(19-15-31-75-67(74)95)64(91)77-49-24-22-47(23-25-49)38-97-69(96)83(8)34-35-98-73-40-70(4,5)39-71(6,42-73)41-72(7,43-73)44-86-46(3)52(36-76-86)50-26-27-57(80-62(50)66(93)94)84-33-30-48-16-14-17-51(53(48)37-84)63(90)82-68-79-54-18-11-12-20-56(54)99-68/h11-12,14,16-18,20,22-29,36,45,55,61H,9-10,13,15,19,21,30-35,37-44H2,1-8H3,(H,77,91)(H,78,92)(H,81,87)(H,93,94)(H3,74,75,95)(H,79,82,90)/t55-,61-,71?,72?,73?/m0/s1. The number of fused-ring (bicyclic) bond motifs is 4. The molecule has 3 aromatic heterocycles. The number of carbonyl (C=O) groups is 9. The predicted molar refractivity (Wildman–Crippen MR) is 375 cm³/mol. The van der Waals surface area contributed by atoms with Gasteiger partial charge in [-0.05, 0) is 152 Å². The number of ether oxygens (including phenoxy) is 2. The first-order chi connectivity index (χ1) is 47.1. The average Bonchev–Trinajstić information content (AvgIpc) is 0.902. The molecule has 3 aromatic carbocycles. The van der Waals surface area contributed by atoms with E-state index in [1.807, 2.05) is 65.0 Å². The molecule has 2 bridgehead atoms. The first-order valence-electron chi connectivity index (χ1n) is 34.0. The van der Waals surface area contributed by atoms with Gasteiger partial charge in [0, 0.05) is 93.0 Å². The molecular formula is C73H91N13O12S. The van der Waals surface area contributed by atoms with Gasteiger partial charge in [0.05, 0.1) is 28.6 Å². The number of urea groups is 1. The lowest BCUT2D eigenvalue weighted by atomic mass is 9.48. The Balaban J connectivity index is 0.716. The highest BCUT2D eigenvalue weighted by atomic mass is 32.1. The van der Waals surface area contributed by atoms with E-state index in [1.165, 1.54) is 28.4 Å². The number of hydrogen-bond donors (Lipinski definition) is 7. The van der Waals surface area contributed by atoms with Gasteiger partial charge in [-0.25, -0.2) is 24.4 Å². The lowest BCUT2D eigenvalue weighted by Gasteiger charge is -2.61. The summed E-state index contributed by atoms with van der Waals surface area (Å²) >= 11 is 1.41. The minimum Gasteiger partial charge on any atom is -0.476 e. The first kappa shape index (κ1) is 72.2. The molecule has 10 rings (SSSR count). The van der Waals surface area contributed by atoms with Crippen LogP contribution < -0.4 is 37.2 Å². The number of likely N-dealkylation sites (N-methyl/N-ethyl adjacent to an activating group) is 1. The molecule has 5 atom stereocenters. The summed E-state index contributed by atoms with van der Waals surface area (Å²) in [5.41, 5.74) is 10.5. The van der Waals surface area contributed by atoms with Crippen LogP contribution in [0.5, 0.6) is 0 Å². The van der Waals surface area contributed by atoms with Crippen molar-refractivity contribution >= 4 is 91.7 Å². The number of carboxylic acid groups (broad SMARTS) is 1. The third-order valence-electron chi connectivity index (χ3n) is 19.2. The van der Waals surface area contributed by atoms with Crippen molar-refractivity contribution in [3.05, 3.63) is 131 Å². The Hall–Kier alpha value is -9.56. The van der Waals surface area contributed by atoms with E-state index in [9.17, 15) is 48.3 Å². The number of carboxylic acids is 1. The van der Waals surface area contributed by atoms with Crippen molar-refractivity contribution in [2.45, 2.75) is 163 Å². The molecule has 6 aromatic rings. The van der Waals surface area contributed by atoms with E-state index in [0.717, 1.165) is 64.0 Å². The summed E-state index contributed by atoms with van der Waals surface area (Å²) < 4.78 is 15.7. The van der Waals surface area contributed by atoms with Gasteiger partial charge >= 0.3 is 18.1 Å². The lowest BCUT2D eigenvalue weighted by Crippen LogP contribution is -2.57. The molecule has 2 fully saturated rings. The molecule has 0 radical (unpaired) electrons. The Labute approximate surface area is 580 Å². The molecule has 26 heteroatoms. The number of nitrogens with zero attached hydrogens (tertiary/aromatic N) is 7. The van der Waals surface area contributed by atoms with E-state index in [2.05, 4.69) is 59.3 Å². The molecule has 8 N–H and O–H groups in total. The van der Waals surface area contributed by atoms with Crippen LogP contribution in [0.2, 0.25) is 0 Å². The second-order valence-electron chi connectivity index (χ2n) is 28.8. The monoisotopic (exact) mass is 1370 g/mol. The van der Waals surface area contributed by atoms with E-state index in [4.69, 9.17) is 25.3 Å². The molecule has 3 unspecified atom stereocenters. The van der Waals surface area contributed by atoms with Crippen LogP contribution in [0.25, 0.3) is 21.3 Å². The highest BCUT2D eigenvalue weighted by Crippen LogP contribution is 2.63. The second kappa shape index (κ2) is 30.7. The highest BCUT2D eigenvalue weighted by molar-refractivity contribution is 7.22. The predicted octanol–water partition coefficient (Wildman–Crippen LogP) is 9.91. The topological polar surface area (TPSA) is 332 Å². The number of unbranched alkanes of at least 4 members (excludes halogenated alkanes) is 2. The minimum atomic E-state index is -1.16. The smallest absolute Gasteiger partial charge is 0.409 e. The number of amides is 9. The maximum Gasteiger partial charge on any atom is 0.409 e. The van der Waals surface area contributed by atoms with Crippen LogP contribution in [-0.4, -0.2) is 146 Å². The molecule has 4 aliphatic rings. The van der Waals surface area contributed by atoms with Gasteiger partial charge in [0.15, 0.2) is 10.8 Å². The van der Waals surface area contributed by atoms with Gasteiger partial charge < -0.3 is 51.4 Å². The molecule has 5 heterocycles. The quantitative estimate of drug-likeness (QED) is 0.0170. The van der Waals surface area contributed by atoms with Crippen LogP contribution in [0.3, 0.4) is 0 Å². The molecule has 2 saturated carbocycles. The maximum absolute atomic E-state index is 13.8. The molecule has 526 valence electrons. The summed E-state index contributed by atoms with van der Waals surface area (Å²) in [6, 6.07) is 21.1. The van der Waals surface area contributed by atoms with E-state index >= 15 is 0 Å². The van der Waals surface area contributed by atoms with Crippen molar-refractivity contribution in [2.24, 2.45) is 27.9 Å². The third-order valence-corrected chi connectivity index (χ3v) is 20.2. The number of thiazole rings is 1. The molecule has 2 aliphatic heterocycles. The Morgan fingerprint density at radius 3 is 2.29 bits per heavy atom. The SMILES string of the molecule is Cc1c(-c2ccc(N3CCc4cccc(C(=O)Nc5nc6ccccc6s5)c4C3)nc2C(=O)O)cnn1CC1(C)CC2(C)CC(C)(C)CC(OCCN(C)C(=O)OCc3ccc(NC(=O)[C@H](CCCNC(N)=O)NC(=O)[C@@H](NC(=O)CCCCCN4C(=O)C=CC4=O)C(C)C)cc3)(C1)C2. The zero-order valence-corrected chi connectivity index (χ0v) is 58.5. The molecular weight excluding hydrogens is 1280 g/mol. The van der Waals surface area contributed by atoms with Crippen molar-refractivity contribution in [3.63, 3.8) is 0 Å². The number of aromatic carboxylic acids is 1. The van der Waals surface area contributed by atoms with Crippen molar-refractivity contribution in [1.82, 2.24) is 45.5 Å². The van der Waals surface area contributed by atoms with Gasteiger partial charge in [0.2, 0.25) is 17.7 Å². The molecule has 0 saturated heterocycles. The molecule has 99 heavy (non-hydrogen) atoms. The summed E-state index contributed by atoms with van der Waals surface area (Å²) in [4.78, 5) is 130. The fourth-order valence-electron chi connectivity index (χ4n) is 15.6. The highest BCUT2D eigenvalue weighted by Gasteiger charge is 2.58. The summed E-state index contributed by atoms with van der Waals surface area (Å²) in [6.07, 6.45) is 10.7.